The largest absolute Gasteiger partial charge is 0.438 e. The second kappa shape index (κ2) is 5.48. The first-order valence-electron chi connectivity index (χ1n) is 5.86. The van der Waals surface area contributed by atoms with Gasteiger partial charge in [0.1, 0.15) is 5.75 Å². The molecule has 6 nitrogen and oxygen atoms in total. The van der Waals surface area contributed by atoms with Crippen molar-refractivity contribution in [2.75, 3.05) is 0 Å². The smallest absolute Gasteiger partial charge is 0.276 e. The summed E-state index contributed by atoms with van der Waals surface area (Å²) < 4.78 is 5.53. The molecule has 0 fully saturated rings. The van der Waals surface area contributed by atoms with Crippen LogP contribution in [0.3, 0.4) is 0 Å². The van der Waals surface area contributed by atoms with Crippen LogP contribution < -0.4 is 4.74 Å². The molecule has 0 radical (unpaired) electrons. The topological polar surface area (TPSA) is 82.3 Å². The van der Waals surface area contributed by atoms with Crippen molar-refractivity contribution in [3.8, 4) is 11.6 Å². The van der Waals surface area contributed by atoms with Gasteiger partial charge in [-0.25, -0.2) is 4.98 Å². The lowest BCUT2D eigenvalue weighted by molar-refractivity contribution is -0.385. The SMILES string of the molecule is Cc1cc(C)c([N+](=O)[O-])cc1Oc1ncccc1C=O. The van der Waals surface area contributed by atoms with E-state index in [1.165, 1.54) is 12.3 Å². The lowest BCUT2D eigenvalue weighted by Gasteiger charge is -2.10. The van der Waals surface area contributed by atoms with Crippen LogP contribution in [0.25, 0.3) is 0 Å². The van der Waals surface area contributed by atoms with Crippen molar-refractivity contribution in [1.82, 2.24) is 4.98 Å². The monoisotopic (exact) mass is 272 g/mol. The Bertz CT molecular complexity index is 683. The fourth-order valence-electron chi connectivity index (χ4n) is 1.81. The van der Waals surface area contributed by atoms with E-state index >= 15 is 0 Å². The van der Waals surface area contributed by atoms with E-state index in [0.717, 1.165) is 5.56 Å². The van der Waals surface area contributed by atoms with Gasteiger partial charge in [-0.2, -0.15) is 0 Å². The van der Waals surface area contributed by atoms with Gasteiger partial charge in [-0.15, -0.1) is 0 Å². The van der Waals surface area contributed by atoms with Crippen LogP contribution in [0.2, 0.25) is 0 Å². The summed E-state index contributed by atoms with van der Waals surface area (Å²) >= 11 is 0. The molecule has 0 atom stereocenters. The lowest BCUT2D eigenvalue weighted by atomic mass is 10.1. The third-order valence-electron chi connectivity index (χ3n) is 2.82. The normalized spacial score (nSPS) is 10.1. The zero-order valence-electron chi connectivity index (χ0n) is 11.0. The van der Waals surface area contributed by atoms with E-state index in [4.69, 9.17) is 4.74 Å². The number of benzene rings is 1. The molecule has 1 aromatic heterocycles. The van der Waals surface area contributed by atoms with E-state index in [2.05, 4.69) is 4.98 Å². The summed E-state index contributed by atoms with van der Waals surface area (Å²) in [7, 11) is 0. The lowest BCUT2D eigenvalue weighted by Crippen LogP contribution is -1.98. The number of aromatic nitrogens is 1. The third-order valence-corrected chi connectivity index (χ3v) is 2.82. The summed E-state index contributed by atoms with van der Waals surface area (Å²) in [6.45, 7) is 3.43. The average Bonchev–Trinajstić information content (AvgIpc) is 2.42. The molecule has 0 amide bonds. The fraction of sp³-hybridized carbons (Fsp3) is 0.143. The van der Waals surface area contributed by atoms with Gasteiger partial charge in [0.25, 0.3) is 5.69 Å². The molecule has 0 saturated heterocycles. The van der Waals surface area contributed by atoms with Crippen molar-refractivity contribution in [3.63, 3.8) is 0 Å². The maximum Gasteiger partial charge on any atom is 0.276 e. The molecule has 102 valence electrons. The van der Waals surface area contributed by atoms with Gasteiger partial charge in [0.2, 0.25) is 5.88 Å². The van der Waals surface area contributed by atoms with E-state index in [1.807, 2.05) is 0 Å². The molecule has 0 aliphatic heterocycles. The molecular weight excluding hydrogens is 260 g/mol. The van der Waals surface area contributed by atoms with E-state index in [9.17, 15) is 14.9 Å². The van der Waals surface area contributed by atoms with Crippen LogP contribution in [-0.4, -0.2) is 16.2 Å². The van der Waals surface area contributed by atoms with E-state index in [1.54, 1.807) is 32.0 Å². The number of nitrogens with zero attached hydrogens (tertiary/aromatic N) is 2. The summed E-state index contributed by atoms with van der Waals surface area (Å²) in [4.78, 5) is 25.3. The quantitative estimate of drug-likeness (QED) is 0.485. The van der Waals surface area contributed by atoms with Crippen molar-refractivity contribution in [3.05, 3.63) is 57.3 Å². The van der Waals surface area contributed by atoms with Gasteiger partial charge < -0.3 is 4.74 Å². The first kappa shape index (κ1) is 13.7. The van der Waals surface area contributed by atoms with Gasteiger partial charge in [-0.1, -0.05) is 0 Å². The molecule has 0 aliphatic carbocycles. The Labute approximate surface area is 115 Å². The fourth-order valence-corrected chi connectivity index (χ4v) is 1.81. The average molecular weight is 272 g/mol. The Balaban J connectivity index is 2.46. The predicted octanol–water partition coefficient (Wildman–Crippen LogP) is 3.21. The van der Waals surface area contributed by atoms with Crippen LogP contribution in [0.1, 0.15) is 21.5 Å². The predicted molar refractivity (Wildman–Crippen MR) is 72.3 cm³/mol. The molecule has 1 aromatic carbocycles. The molecule has 0 saturated carbocycles. The number of nitro groups is 1. The second-order valence-electron chi connectivity index (χ2n) is 4.28. The van der Waals surface area contributed by atoms with Crippen LogP contribution in [0.4, 0.5) is 5.69 Å². The van der Waals surface area contributed by atoms with Crippen molar-refractivity contribution in [2.45, 2.75) is 13.8 Å². The van der Waals surface area contributed by atoms with Gasteiger partial charge in [-0.05, 0) is 37.6 Å². The van der Waals surface area contributed by atoms with Gasteiger partial charge in [-0.3, -0.25) is 14.9 Å². The van der Waals surface area contributed by atoms with Gasteiger partial charge in [0.05, 0.1) is 16.6 Å². The summed E-state index contributed by atoms with van der Waals surface area (Å²) in [6.07, 6.45) is 2.11. The molecule has 0 bridgehead atoms. The van der Waals surface area contributed by atoms with E-state index in [-0.39, 0.29) is 17.1 Å². The molecule has 0 spiro atoms. The van der Waals surface area contributed by atoms with Crippen LogP contribution >= 0.6 is 0 Å². The first-order chi connectivity index (χ1) is 9.52. The molecular formula is C14H12N2O4. The molecule has 2 rings (SSSR count). The number of carbonyl (C=O) groups is 1. The maximum absolute atomic E-state index is 10.9. The van der Waals surface area contributed by atoms with Crippen LogP contribution in [0.5, 0.6) is 11.6 Å². The Hall–Kier alpha value is -2.76. The molecule has 0 unspecified atom stereocenters. The molecule has 20 heavy (non-hydrogen) atoms. The minimum atomic E-state index is -0.472. The minimum absolute atomic E-state index is 0.0332. The highest BCUT2D eigenvalue weighted by Gasteiger charge is 2.16. The number of carbonyl (C=O) groups excluding carboxylic acids is 1. The molecule has 0 N–H and O–H groups in total. The van der Waals surface area contributed by atoms with Crippen molar-refractivity contribution in [2.24, 2.45) is 0 Å². The van der Waals surface area contributed by atoms with Crippen LogP contribution in [0, 0.1) is 24.0 Å². The number of aldehydes is 1. The summed E-state index contributed by atoms with van der Waals surface area (Å²) in [6, 6.07) is 6.18. The zero-order chi connectivity index (χ0) is 14.7. The Morgan fingerprint density at radius 2 is 2.05 bits per heavy atom. The number of ether oxygens (including phenoxy) is 1. The van der Waals surface area contributed by atoms with Crippen molar-refractivity contribution in [1.29, 1.82) is 0 Å². The Kier molecular flexibility index (Phi) is 3.74. The molecule has 1 heterocycles. The Morgan fingerprint density at radius 3 is 2.70 bits per heavy atom. The summed E-state index contributed by atoms with van der Waals surface area (Å²) in [5.41, 5.74) is 1.54. The van der Waals surface area contributed by atoms with Gasteiger partial charge in [0.15, 0.2) is 6.29 Å². The maximum atomic E-state index is 10.9. The molecule has 0 aliphatic rings. The number of aryl methyl sites for hydroxylation is 2. The highest BCUT2D eigenvalue weighted by molar-refractivity contribution is 5.78. The highest BCUT2D eigenvalue weighted by Crippen LogP contribution is 2.31. The number of hydrogen-bond donors (Lipinski definition) is 0. The number of nitro benzene ring substituents is 1. The minimum Gasteiger partial charge on any atom is -0.438 e. The number of pyridine rings is 1. The van der Waals surface area contributed by atoms with Crippen LogP contribution in [-0.2, 0) is 0 Å². The summed E-state index contributed by atoms with van der Waals surface area (Å²) in [5.74, 6) is 0.438. The zero-order valence-corrected chi connectivity index (χ0v) is 11.0. The highest BCUT2D eigenvalue weighted by atomic mass is 16.6. The van der Waals surface area contributed by atoms with Gasteiger partial charge in [0, 0.05) is 11.8 Å². The van der Waals surface area contributed by atoms with E-state index in [0.29, 0.717) is 17.6 Å². The standard InChI is InChI=1S/C14H12N2O4/c1-9-6-10(2)13(7-12(9)16(18)19)20-14-11(8-17)4-3-5-15-14/h3-8H,1-2H3. The van der Waals surface area contributed by atoms with Crippen LogP contribution in [0.15, 0.2) is 30.5 Å². The first-order valence-corrected chi connectivity index (χ1v) is 5.86. The number of rotatable bonds is 4. The third kappa shape index (κ3) is 2.64. The molecule has 2 aromatic rings. The molecule has 6 heteroatoms. The van der Waals surface area contributed by atoms with E-state index < -0.39 is 4.92 Å². The Morgan fingerprint density at radius 1 is 1.30 bits per heavy atom. The van der Waals surface area contributed by atoms with Crippen molar-refractivity contribution >= 4 is 12.0 Å². The second-order valence-corrected chi connectivity index (χ2v) is 4.28. The summed E-state index contributed by atoms with van der Waals surface area (Å²) in [5, 5.41) is 10.9. The van der Waals surface area contributed by atoms with Crippen molar-refractivity contribution < 1.29 is 14.5 Å². The van der Waals surface area contributed by atoms with Gasteiger partial charge >= 0.3 is 0 Å². The number of hydrogen-bond acceptors (Lipinski definition) is 5.